The molecule has 1 aromatic carbocycles. The molecule has 6 heteroatoms. The number of benzene rings is 1. The lowest BCUT2D eigenvalue weighted by atomic mass is 10.2. The topological polar surface area (TPSA) is 56.7 Å². The summed E-state index contributed by atoms with van der Waals surface area (Å²) in [6.45, 7) is 4.35. The fourth-order valence-electron chi connectivity index (χ4n) is 2.57. The normalized spacial score (nSPS) is 18.3. The number of nitrogens with zero attached hydrogens (tertiary/aromatic N) is 2. The summed E-state index contributed by atoms with van der Waals surface area (Å²) < 4.78 is 0. The molecule has 1 amide bonds. The third-order valence-corrected chi connectivity index (χ3v) is 4.35. The number of amides is 1. The van der Waals surface area contributed by atoms with Gasteiger partial charge < -0.3 is 15.5 Å². The second kappa shape index (κ2) is 9.45. The monoisotopic (exact) mass is 334 g/mol. The summed E-state index contributed by atoms with van der Waals surface area (Å²) in [7, 11) is 0. The van der Waals surface area contributed by atoms with Gasteiger partial charge in [0.25, 0.3) is 0 Å². The maximum absolute atomic E-state index is 12.2. The van der Waals surface area contributed by atoms with Gasteiger partial charge in [0, 0.05) is 31.7 Å². The van der Waals surface area contributed by atoms with Crippen molar-refractivity contribution in [3.8, 4) is 0 Å². The Morgan fingerprint density at radius 1 is 1.39 bits per heavy atom. The molecule has 1 atom stereocenters. The number of hydrogen-bond acceptors (Lipinski definition) is 3. The van der Waals surface area contributed by atoms with Crippen LogP contribution in [0.4, 0.5) is 5.69 Å². The van der Waals surface area contributed by atoms with E-state index in [0.29, 0.717) is 13.0 Å². The number of hydrogen-bond donors (Lipinski definition) is 2. The lowest BCUT2D eigenvalue weighted by Crippen LogP contribution is -2.44. The zero-order valence-corrected chi connectivity index (χ0v) is 14.7. The molecule has 1 aliphatic heterocycles. The zero-order valence-electron chi connectivity index (χ0n) is 13.9. The number of carbonyl (C=O) groups is 1. The lowest BCUT2D eigenvalue weighted by molar-refractivity contribution is -0.117. The highest BCUT2D eigenvalue weighted by atomic mass is 32.2. The van der Waals surface area contributed by atoms with Crippen molar-refractivity contribution in [2.24, 2.45) is 4.99 Å². The first kappa shape index (κ1) is 17.7. The predicted octanol–water partition coefficient (Wildman–Crippen LogP) is 2.10. The number of para-hydroxylation sites is 1. The molecule has 0 aliphatic carbocycles. The predicted molar refractivity (Wildman–Crippen MR) is 99.3 cm³/mol. The molecule has 126 valence electrons. The minimum atomic E-state index is 0.0982. The minimum Gasteiger partial charge on any atom is -0.357 e. The number of aliphatic imine (C=N–C) groups is 1. The molecule has 23 heavy (non-hydrogen) atoms. The molecule has 1 fully saturated rings. The lowest BCUT2D eigenvalue weighted by Gasteiger charge is -2.19. The largest absolute Gasteiger partial charge is 0.357 e. The van der Waals surface area contributed by atoms with Gasteiger partial charge in [-0.3, -0.25) is 9.79 Å². The van der Waals surface area contributed by atoms with E-state index in [-0.39, 0.29) is 11.9 Å². The SMILES string of the molecule is CCNC(=NCCCSC)NC1CC(=O)N(c2ccccc2)C1. The van der Waals surface area contributed by atoms with Gasteiger partial charge in [0.05, 0.1) is 6.04 Å². The van der Waals surface area contributed by atoms with Gasteiger partial charge in [-0.25, -0.2) is 0 Å². The minimum absolute atomic E-state index is 0.0982. The van der Waals surface area contributed by atoms with E-state index >= 15 is 0 Å². The molecule has 1 saturated heterocycles. The first-order chi connectivity index (χ1) is 11.2. The molecule has 0 aromatic heterocycles. The first-order valence-corrected chi connectivity index (χ1v) is 9.53. The summed E-state index contributed by atoms with van der Waals surface area (Å²) in [5.41, 5.74) is 0.962. The Balaban J connectivity index is 1.92. The summed E-state index contributed by atoms with van der Waals surface area (Å²) in [5, 5.41) is 6.65. The Kier molecular flexibility index (Phi) is 7.26. The highest BCUT2D eigenvalue weighted by Crippen LogP contribution is 2.20. The van der Waals surface area contributed by atoms with Gasteiger partial charge >= 0.3 is 0 Å². The van der Waals surface area contributed by atoms with Crippen molar-refractivity contribution in [1.29, 1.82) is 0 Å². The third kappa shape index (κ3) is 5.46. The molecule has 0 saturated carbocycles. The second-order valence-electron chi connectivity index (χ2n) is 5.49. The Bertz CT molecular complexity index is 521. The molecule has 2 rings (SSSR count). The number of thioether (sulfide) groups is 1. The van der Waals surface area contributed by atoms with Crippen LogP contribution in [0.25, 0.3) is 0 Å². The molecule has 5 nitrogen and oxygen atoms in total. The number of rotatable bonds is 7. The van der Waals surface area contributed by atoms with Gasteiger partial charge in [-0.1, -0.05) is 18.2 Å². The molecule has 0 radical (unpaired) electrons. The average molecular weight is 334 g/mol. The highest BCUT2D eigenvalue weighted by molar-refractivity contribution is 7.98. The number of guanidine groups is 1. The fourth-order valence-corrected chi connectivity index (χ4v) is 2.99. The molecule has 1 unspecified atom stereocenters. The van der Waals surface area contributed by atoms with E-state index in [2.05, 4.69) is 28.8 Å². The van der Waals surface area contributed by atoms with Crippen LogP contribution in [0.2, 0.25) is 0 Å². The van der Waals surface area contributed by atoms with Crippen LogP contribution in [0, 0.1) is 0 Å². The van der Waals surface area contributed by atoms with Gasteiger partial charge in [-0.05, 0) is 37.5 Å². The van der Waals surface area contributed by atoms with Gasteiger partial charge in [0.1, 0.15) is 0 Å². The number of nitrogens with one attached hydrogen (secondary N) is 2. The van der Waals surface area contributed by atoms with Crippen LogP contribution in [0.3, 0.4) is 0 Å². The van der Waals surface area contributed by atoms with E-state index < -0.39 is 0 Å². The third-order valence-electron chi connectivity index (χ3n) is 3.65. The van der Waals surface area contributed by atoms with Gasteiger partial charge in [-0.2, -0.15) is 11.8 Å². The Morgan fingerprint density at radius 2 is 2.17 bits per heavy atom. The molecule has 0 bridgehead atoms. The average Bonchev–Trinajstić information content (AvgIpc) is 2.93. The molecule has 1 heterocycles. The molecular weight excluding hydrogens is 308 g/mol. The molecule has 0 spiro atoms. The van der Waals surface area contributed by atoms with Gasteiger partial charge in [0.15, 0.2) is 5.96 Å². The summed E-state index contributed by atoms with van der Waals surface area (Å²) in [5.74, 6) is 2.08. The van der Waals surface area contributed by atoms with Crippen LogP contribution in [-0.2, 0) is 4.79 Å². The van der Waals surface area contributed by atoms with Crippen molar-refractivity contribution in [2.45, 2.75) is 25.8 Å². The highest BCUT2D eigenvalue weighted by Gasteiger charge is 2.30. The summed E-state index contributed by atoms with van der Waals surface area (Å²) in [4.78, 5) is 18.7. The van der Waals surface area contributed by atoms with E-state index in [1.807, 2.05) is 47.0 Å². The second-order valence-corrected chi connectivity index (χ2v) is 6.48. The standard InChI is InChI=1S/C17H26N4OS/c1-3-18-17(19-10-7-11-23-2)20-14-12-16(22)21(13-14)15-8-5-4-6-9-15/h4-6,8-9,14H,3,7,10-13H2,1-2H3,(H2,18,19,20). The zero-order chi connectivity index (χ0) is 16.5. The van der Waals surface area contributed by atoms with Crippen molar-refractivity contribution < 1.29 is 4.79 Å². The summed E-state index contributed by atoms with van der Waals surface area (Å²) in [6.07, 6.45) is 3.68. The van der Waals surface area contributed by atoms with Crippen LogP contribution in [-0.4, -0.2) is 49.6 Å². The quantitative estimate of drug-likeness (QED) is 0.455. The Labute approximate surface area is 142 Å². The van der Waals surface area contributed by atoms with E-state index in [9.17, 15) is 4.79 Å². The summed E-state index contributed by atoms with van der Waals surface area (Å²) >= 11 is 1.84. The van der Waals surface area contributed by atoms with Crippen LogP contribution in [0.15, 0.2) is 35.3 Å². The summed E-state index contributed by atoms with van der Waals surface area (Å²) in [6, 6.07) is 9.93. The molecule has 1 aliphatic rings. The van der Waals surface area contributed by atoms with Crippen LogP contribution in [0.5, 0.6) is 0 Å². The van der Waals surface area contributed by atoms with Crippen LogP contribution >= 0.6 is 11.8 Å². The van der Waals surface area contributed by atoms with Crippen molar-refractivity contribution in [3.05, 3.63) is 30.3 Å². The van der Waals surface area contributed by atoms with Crippen molar-refractivity contribution in [1.82, 2.24) is 10.6 Å². The number of carbonyl (C=O) groups excluding carboxylic acids is 1. The van der Waals surface area contributed by atoms with E-state index in [0.717, 1.165) is 36.9 Å². The van der Waals surface area contributed by atoms with E-state index in [1.54, 1.807) is 0 Å². The molecule has 2 N–H and O–H groups in total. The number of anilines is 1. The van der Waals surface area contributed by atoms with Crippen molar-refractivity contribution >= 4 is 29.3 Å². The van der Waals surface area contributed by atoms with Crippen molar-refractivity contribution in [3.63, 3.8) is 0 Å². The molecule has 1 aromatic rings. The Morgan fingerprint density at radius 3 is 2.87 bits per heavy atom. The van der Waals surface area contributed by atoms with Gasteiger partial charge in [0.2, 0.25) is 5.91 Å². The smallest absolute Gasteiger partial charge is 0.229 e. The maximum Gasteiger partial charge on any atom is 0.229 e. The first-order valence-electron chi connectivity index (χ1n) is 8.13. The van der Waals surface area contributed by atoms with Crippen molar-refractivity contribution in [2.75, 3.05) is 36.5 Å². The van der Waals surface area contributed by atoms with Crippen LogP contribution < -0.4 is 15.5 Å². The van der Waals surface area contributed by atoms with E-state index in [1.165, 1.54) is 0 Å². The Hall–Kier alpha value is -1.69. The van der Waals surface area contributed by atoms with Gasteiger partial charge in [-0.15, -0.1) is 0 Å². The maximum atomic E-state index is 12.2. The fraction of sp³-hybridized carbons (Fsp3) is 0.529. The molecular formula is C17H26N4OS. The van der Waals surface area contributed by atoms with Crippen LogP contribution in [0.1, 0.15) is 19.8 Å². The van der Waals surface area contributed by atoms with E-state index in [4.69, 9.17) is 0 Å².